The Kier molecular flexibility index (Phi) is 3.66. The van der Waals surface area contributed by atoms with Gasteiger partial charge in [0.1, 0.15) is 12.0 Å². The fourth-order valence-electron chi connectivity index (χ4n) is 1.66. The van der Waals surface area contributed by atoms with Gasteiger partial charge in [0.15, 0.2) is 5.82 Å². The molecule has 96 valence electrons. The van der Waals surface area contributed by atoms with E-state index in [2.05, 4.69) is 9.97 Å². The predicted octanol–water partition coefficient (Wildman–Crippen LogP) is 1.69. The van der Waals surface area contributed by atoms with Crippen molar-refractivity contribution in [3.63, 3.8) is 0 Å². The van der Waals surface area contributed by atoms with E-state index in [1.165, 1.54) is 6.33 Å². The van der Waals surface area contributed by atoms with Crippen LogP contribution in [0.4, 0.5) is 11.5 Å². The average Bonchev–Trinajstić information content (AvgIpc) is 2.85. The van der Waals surface area contributed by atoms with Gasteiger partial charge in [-0.15, -0.1) is 0 Å². The molecule has 18 heavy (non-hydrogen) atoms. The monoisotopic (exact) mass is 248 g/mol. The zero-order chi connectivity index (χ0) is 13.0. The fourth-order valence-corrected chi connectivity index (χ4v) is 1.66. The predicted molar refractivity (Wildman–Crippen MR) is 68.4 cm³/mol. The Balaban J connectivity index is 2.19. The third-order valence-electron chi connectivity index (χ3n) is 2.47. The number of nitrogens with two attached hydrogens (primary N) is 1. The van der Waals surface area contributed by atoms with E-state index in [0.717, 1.165) is 5.56 Å². The van der Waals surface area contributed by atoms with Gasteiger partial charge in [-0.1, -0.05) is 0 Å². The summed E-state index contributed by atoms with van der Waals surface area (Å²) in [5, 5.41) is 0. The van der Waals surface area contributed by atoms with Gasteiger partial charge in [0, 0.05) is 19.2 Å². The summed E-state index contributed by atoms with van der Waals surface area (Å²) in [4.78, 5) is 10.1. The van der Waals surface area contributed by atoms with Crippen molar-refractivity contribution in [3.05, 3.63) is 30.5 Å². The van der Waals surface area contributed by atoms with Crippen LogP contribution in [0.1, 0.15) is 12.5 Å². The molecular formula is C12H16N4O2. The molecule has 2 N–H and O–H groups in total. The molecule has 0 atom stereocenters. The lowest BCUT2D eigenvalue weighted by Gasteiger charge is -2.19. The molecule has 2 heterocycles. The summed E-state index contributed by atoms with van der Waals surface area (Å²) in [6, 6.07) is 1.90. The largest absolute Gasteiger partial charge is 0.476 e. The van der Waals surface area contributed by atoms with E-state index in [0.29, 0.717) is 30.5 Å². The molecule has 0 spiro atoms. The lowest BCUT2D eigenvalue weighted by Crippen LogP contribution is -2.19. The van der Waals surface area contributed by atoms with Crippen molar-refractivity contribution in [3.8, 4) is 5.88 Å². The molecule has 0 aromatic carbocycles. The number of nitrogens with zero attached hydrogens (tertiary/aromatic N) is 3. The van der Waals surface area contributed by atoms with E-state index in [-0.39, 0.29) is 0 Å². The summed E-state index contributed by atoms with van der Waals surface area (Å²) in [5.74, 6) is 1.07. The van der Waals surface area contributed by atoms with Gasteiger partial charge in [-0.05, 0) is 13.0 Å². The van der Waals surface area contributed by atoms with Crippen LogP contribution < -0.4 is 15.4 Å². The van der Waals surface area contributed by atoms with Gasteiger partial charge in [0.25, 0.3) is 0 Å². The quantitative estimate of drug-likeness (QED) is 0.867. The van der Waals surface area contributed by atoms with E-state index in [9.17, 15) is 0 Å². The van der Waals surface area contributed by atoms with Crippen molar-refractivity contribution in [2.45, 2.75) is 13.5 Å². The van der Waals surface area contributed by atoms with Gasteiger partial charge in [0.2, 0.25) is 5.88 Å². The number of furan rings is 1. The first-order chi connectivity index (χ1) is 8.72. The lowest BCUT2D eigenvalue weighted by molar-refractivity contribution is 0.328. The second-order valence-electron chi connectivity index (χ2n) is 3.84. The molecule has 2 aromatic rings. The number of rotatable bonds is 5. The first-order valence-electron chi connectivity index (χ1n) is 5.67. The van der Waals surface area contributed by atoms with Gasteiger partial charge < -0.3 is 19.8 Å². The number of ether oxygens (including phenoxy) is 1. The molecule has 0 saturated heterocycles. The Labute approximate surface area is 105 Å². The zero-order valence-corrected chi connectivity index (χ0v) is 10.5. The molecule has 6 nitrogen and oxygen atoms in total. The highest BCUT2D eigenvalue weighted by atomic mass is 16.5. The third-order valence-corrected chi connectivity index (χ3v) is 2.47. The van der Waals surface area contributed by atoms with Crippen molar-refractivity contribution in [2.75, 3.05) is 24.3 Å². The van der Waals surface area contributed by atoms with Crippen LogP contribution in [0.3, 0.4) is 0 Å². The minimum absolute atomic E-state index is 0.418. The van der Waals surface area contributed by atoms with Crippen LogP contribution in [0.25, 0.3) is 0 Å². The second kappa shape index (κ2) is 5.39. The summed E-state index contributed by atoms with van der Waals surface area (Å²) in [6.45, 7) is 3.06. The van der Waals surface area contributed by atoms with Gasteiger partial charge in [-0.3, -0.25) is 0 Å². The fraction of sp³-hybridized carbons (Fsp3) is 0.333. The molecule has 0 aliphatic carbocycles. The summed E-state index contributed by atoms with van der Waals surface area (Å²) >= 11 is 0. The van der Waals surface area contributed by atoms with Gasteiger partial charge in [-0.25, -0.2) is 4.98 Å². The SMILES string of the molecule is CCOc1ncnc(N(C)Cc2ccoc2)c1N. The molecule has 2 aromatic heterocycles. The standard InChI is InChI=1S/C12H16N4O2/c1-3-18-12-10(13)11(14-8-15-12)16(2)6-9-4-5-17-7-9/h4-5,7-8H,3,6,13H2,1-2H3. The maximum absolute atomic E-state index is 5.98. The molecule has 6 heteroatoms. The second-order valence-corrected chi connectivity index (χ2v) is 3.84. The Morgan fingerprint density at radius 2 is 2.28 bits per heavy atom. The van der Waals surface area contributed by atoms with Gasteiger partial charge in [-0.2, -0.15) is 4.98 Å². The number of nitrogen functional groups attached to an aromatic ring is 1. The molecule has 0 radical (unpaired) electrons. The minimum atomic E-state index is 0.418. The highest BCUT2D eigenvalue weighted by molar-refractivity contribution is 5.67. The van der Waals surface area contributed by atoms with Gasteiger partial charge >= 0.3 is 0 Å². The maximum Gasteiger partial charge on any atom is 0.242 e. The first kappa shape index (κ1) is 12.2. The molecule has 0 aliphatic rings. The molecular weight excluding hydrogens is 232 g/mol. The average molecular weight is 248 g/mol. The van der Waals surface area contributed by atoms with Crippen molar-refractivity contribution in [2.24, 2.45) is 0 Å². The van der Waals surface area contributed by atoms with Crippen LogP contribution in [0.2, 0.25) is 0 Å². The van der Waals surface area contributed by atoms with Crippen molar-refractivity contribution >= 4 is 11.5 Å². The van der Waals surface area contributed by atoms with Gasteiger partial charge in [0.05, 0.1) is 19.1 Å². The van der Waals surface area contributed by atoms with Crippen LogP contribution in [0.15, 0.2) is 29.3 Å². The van der Waals surface area contributed by atoms with Crippen LogP contribution in [0, 0.1) is 0 Å². The third kappa shape index (κ3) is 2.53. The first-order valence-corrected chi connectivity index (χ1v) is 5.67. The Hall–Kier alpha value is -2.24. The van der Waals surface area contributed by atoms with Crippen LogP contribution in [0.5, 0.6) is 5.88 Å². The molecule has 0 aliphatic heterocycles. The lowest BCUT2D eigenvalue weighted by atomic mass is 10.3. The van der Waals surface area contributed by atoms with E-state index < -0.39 is 0 Å². The van der Waals surface area contributed by atoms with Crippen LogP contribution in [-0.2, 0) is 6.54 Å². The molecule has 0 bridgehead atoms. The number of hydrogen-bond donors (Lipinski definition) is 1. The zero-order valence-electron chi connectivity index (χ0n) is 10.5. The Bertz CT molecular complexity index is 499. The highest BCUT2D eigenvalue weighted by Gasteiger charge is 2.13. The highest BCUT2D eigenvalue weighted by Crippen LogP contribution is 2.27. The summed E-state index contributed by atoms with van der Waals surface area (Å²) < 4.78 is 10.4. The van der Waals surface area contributed by atoms with Crippen LogP contribution in [-0.4, -0.2) is 23.6 Å². The molecule has 0 unspecified atom stereocenters. The van der Waals surface area contributed by atoms with Crippen molar-refractivity contribution < 1.29 is 9.15 Å². The summed E-state index contributed by atoms with van der Waals surface area (Å²) in [5.41, 5.74) is 7.48. The number of aromatic nitrogens is 2. The normalized spacial score (nSPS) is 10.3. The molecule has 0 fully saturated rings. The Morgan fingerprint density at radius 3 is 2.94 bits per heavy atom. The Morgan fingerprint density at radius 1 is 1.44 bits per heavy atom. The maximum atomic E-state index is 5.98. The van der Waals surface area contributed by atoms with E-state index in [4.69, 9.17) is 14.9 Å². The summed E-state index contributed by atoms with van der Waals surface area (Å²) in [7, 11) is 1.90. The summed E-state index contributed by atoms with van der Waals surface area (Å²) in [6.07, 6.45) is 4.78. The topological polar surface area (TPSA) is 77.4 Å². The smallest absolute Gasteiger partial charge is 0.242 e. The number of anilines is 2. The number of hydrogen-bond acceptors (Lipinski definition) is 6. The van der Waals surface area contributed by atoms with E-state index >= 15 is 0 Å². The molecule has 0 saturated carbocycles. The minimum Gasteiger partial charge on any atom is -0.476 e. The van der Waals surface area contributed by atoms with E-state index in [1.54, 1.807) is 12.5 Å². The molecule has 2 rings (SSSR count). The van der Waals surface area contributed by atoms with Crippen molar-refractivity contribution in [1.82, 2.24) is 9.97 Å². The molecule has 0 amide bonds. The van der Waals surface area contributed by atoms with Crippen molar-refractivity contribution in [1.29, 1.82) is 0 Å². The van der Waals surface area contributed by atoms with Crippen LogP contribution >= 0.6 is 0 Å². The van der Waals surface area contributed by atoms with E-state index in [1.807, 2.05) is 24.9 Å².